The molecule has 1 saturated heterocycles. The molecule has 0 bridgehead atoms. The van der Waals surface area contributed by atoms with E-state index in [1.54, 1.807) is 0 Å². The summed E-state index contributed by atoms with van der Waals surface area (Å²) in [6.07, 6.45) is 0.825. The van der Waals surface area contributed by atoms with Crippen LogP contribution in [0.4, 0.5) is 0 Å². The van der Waals surface area contributed by atoms with Crippen LogP contribution in [-0.2, 0) is 41.4 Å². The minimum Gasteiger partial charge on any atom is -0.468 e. The molecule has 6 atom stereocenters. The van der Waals surface area contributed by atoms with Crippen LogP contribution < -0.4 is 5.32 Å². The highest BCUT2D eigenvalue weighted by molar-refractivity contribution is 6.06. The molecule has 4 rings (SSSR count). The summed E-state index contributed by atoms with van der Waals surface area (Å²) in [5.74, 6) is -2.86. The van der Waals surface area contributed by atoms with Gasteiger partial charge in [0, 0.05) is 31.4 Å². The van der Waals surface area contributed by atoms with Crippen molar-refractivity contribution in [3.05, 3.63) is 83.9 Å². The first-order valence-corrected chi connectivity index (χ1v) is 13.2. The van der Waals surface area contributed by atoms with Crippen LogP contribution in [0.25, 0.3) is 0 Å². The van der Waals surface area contributed by atoms with Gasteiger partial charge in [-0.2, -0.15) is 0 Å². The number of esters is 2. The largest absolute Gasteiger partial charge is 0.468 e. The van der Waals surface area contributed by atoms with Gasteiger partial charge in [-0.25, -0.2) is 0 Å². The summed E-state index contributed by atoms with van der Waals surface area (Å²) in [5, 5.41) is 3.12. The van der Waals surface area contributed by atoms with Crippen molar-refractivity contribution in [2.24, 2.45) is 23.2 Å². The van der Waals surface area contributed by atoms with Crippen molar-refractivity contribution in [2.75, 3.05) is 20.3 Å². The molecular weight excluding hydrogens is 482 g/mol. The minimum atomic E-state index is -1.53. The third-order valence-electron chi connectivity index (χ3n) is 8.16. The van der Waals surface area contributed by atoms with Crippen LogP contribution in [0.1, 0.15) is 31.4 Å². The second-order valence-corrected chi connectivity index (χ2v) is 10.3. The van der Waals surface area contributed by atoms with E-state index in [0.29, 0.717) is 31.6 Å². The molecule has 2 aliphatic rings. The van der Waals surface area contributed by atoms with Crippen molar-refractivity contribution in [3.8, 4) is 0 Å². The number of hydrogen-bond donors (Lipinski definition) is 1. The molecule has 1 amide bonds. The molecule has 2 aromatic carbocycles. The highest BCUT2D eigenvalue weighted by atomic mass is 16.5. The zero-order valence-corrected chi connectivity index (χ0v) is 22.4. The molecular formula is C31H37NO6. The molecule has 1 aliphatic carbocycles. The summed E-state index contributed by atoms with van der Waals surface area (Å²) < 4.78 is 17.0. The second-order valence-electron chi connectivity index (χ2n) is 10.3. The molecule has 1 N–H and O–H groups in total. The van der Waals surface area contributed by atoms with E-state index >= 15 is 0 Å². The zero-order chi connectivity index (χ0) is 27.3. The third kappa shape index (κ3) is 5.25. The van der Waals surface area contributed by atoms with E-state index in [9.17, 15) is 14.4 Å². The first-order valence-electron chi connectivity index (χ1n) is 13.2. The van der Waals surface area contributed by atoms with E-state index in [1.165, 1.54) is 14.0 Å². The fourth-order valence-electron chi connectivity index (χ4n) is 6.45. The van der Waals surface area contributed by atoms with Crippen LogP contribution in [0, 0.1) is 23.2 Å². The number of benzene rings is 2. The summed E-state index contributed by atoms with van der Waals surface area (Å²) in [4.78, 5) is 39.7. The molecule has 1 aliphatic heterocycles. The highest BCUT2D eigenvalue weighted by Crippen LogP contribution is 2.57. The van der Waals surface area contributed by atoms with E-state index in [4.69, 9.17) is 14.2 Å². The monoisotopic (exact) mass is 519 g/mol. The minimum absolute atomic E-state index is 0.277. The number of carbonyl (C=O) groups excluding carboxylic acids is 3. The topological polar surface area (TPSA) is 90.9 Å². The molecule has 7 nitrogen and oxygen atoms in total. The Kier molecular flexibility index (Phi) is 8.67. The fourth-order valence-corrected chi connectivity index (χ4v) is 6.45. The SMILES string of the molecule is C=C1[C@@H](C)[C@H]2[C@H](Cc3ccccc3)NC(=O)[C@@]2(C(=O)OC)[C@@H](CCOCCc2ccccc2)[C@@H]1OC(C)=O. The average molecular weight is 520 g/mol. The number of carbonyl (C=O) groups is 3. The Bertz CT molecular complexity index is 1150. The van der Waals surface area contributed by atoms with Crippen LogP contribution in [-0.4, -0.2) is 50.3 Å². The lowest BCUT2D eigenvalue weighted by Crippen LogP contribution is -2.60. The molecule has 1 saturated carbocycles. The maximum atomic E-state index is 13.9. The Hall–Kier alpha value is -3.45. The number of rotatable bonds is 10. The fraction of sp³-hybridized carbons (Fsp3) is 0.452. The van der Waals surface area contributed by atoms with Crippen LogP contribution in [0.2, 0.25) is 0 Å². The van der Waals surface area contributed by atoms with Crippen molar-refractivity contribution in [3.63, 3.8) is 0 Å². The Morgan fingerprint density at radius 1 is 1.00 bits per heavy atom. The van der Waals surface area contributed by atoms with Crippen LogP contribution >= 0.6 is 0 Å². The molecule has 0 spiro atoms. The smallest absolute Gasteiger partial charge is 0.322 e. The zero-order valence-electron chi connectivity index (χ0n) is 22.4. The maximum absolute atomic E-state index is 13.9. The quantitative estimate of drug-likeness (QED) is 0.222. The number of methoxy groups -OCH3 is 1. The van der Waals surface area contributed by atoms with Gasteiger partial charge < -0.3 is 19.5 Å². The van der Waals surface area contributed by atoms with Gasteiger partial charge in [-0.1, -0.05) is 74.2 Å². The average Bonchev–Trinajstić information content (AvgIpc) is 3.21. The third-order valence-corrected chi connectivity index (χ3v) is 8.16. The van der Waals surface area contributed by atoms with Crippen LogP contribution in [0.5, 0.6) is 0 Å². The van der Waals surface area contributed by atoms with Crippen LogP contribution in [0.3, 0.4) is 0 Å². The molecule has 2 aromatic rings. The van der Waals surface area contributed by atoms with Gasteiger partial charge in [0.1, 0.15) is 6.10 Å². The van der Waals surface area contributed by atoms with Gasteiger partial charge in [-0.15, -0.1) is 0 Å². The van der Waals surface area contributed by atoms with Crippen LogP contribution in [0.15, 0.2) is 72.8 Å². The molecule has 202 valence electrons. The normalized spacial score (nSPS) is 28.3. The van der Waals surface area contributed by atoms with E-state index in [0.717, 1.165) is 17.5 Å². The van der Waals surface area contributed by atoms with Gasteiger partial charge in [0.15, 0.2) is 5.41 Å². The number of ether oxygens (including phenoxy) is 3. The van der Waals surface area contributed by atoms with Gasteiger partial charge in [0.25, 0.3) is 0 Å². The lowest BCUT2D eigenvalue weighted by Gasteiger charge is -2.50. The van der Waals surface area contributed by atoms with Gasteiger partial charge in [-0.05, 0) is 41.9 Å². The van der Waals surface area contributed by atoms with Crippen molar-refractivity contribution in [1.29, 1.82) is 0 Å². The summed E-state index contributed by atoms with van der Waals surface area (Å²) in [5.41, 5.74) is 1.39. The summed E-state index contributed by atoms with van der Waals surface area (Å²) in [6.45, 7) is 8.36. The first-order chi connectivity index (χ1) is 18.3. The highest BCUT2D eigenvalue weighted by Gasteiger charge is 2.70. The first kappa shape index (κ1) is 27.6. The van der Waals surface area contributed by atoms with E-state index in [-0.39, 0.29) is 17.9 Å². The number of nitrogens with one attached hydrogen (secondary N) is 1. The standard InChI is InChI=1S/C31H37NO6/c1-20-21(2)28(38-22(3)33)25(16-18-37-17-15-23-11-7-5-8-12-23)31(30(35)36-4)27(20)26(32-29(31)34)19-24-13-9-6-10-14-24/h5-14,20,25-28H,2,15-19H2,1,3-4H3,(H,32,34)/t20-,25+,26+,27+,28-,31-/m1/s1. The molecule has 0 aromatic heterocycles. The van der Waals surface area contributed by atoms with Crippen molar-refractivity contribution >= 4 is 17.8 Å². The molecule has 1 heterocycles. The van der Waals surface area contributed by atoms with Crippen molar-refractivity contribution in [2.45, 2.75) is 45.3 Å². The predicted octanol–water partition coefficient (Wildman–Crippen LogP) is 3.91. The number of amides is 1. The lowest BCUT2D eigenvalue weighted by molar-refractivity contribution is -0.180. The van der Waals surface area contributed by atoms with Gasteiger partial charge in [-0.3, -0.25) is 14.4 Å². The van der Waals surface area contributed by atoms with Gasteiger partial charge in [0.2, 0.25) is 5.91 Å². The Morgan fingerprint density at radius 3 is 2.24 bits per heavy atom. The van der Waals surface area contributed by atoms with E-state index in [2.05, 4.69) is 11.9 Å². The molecule has 0 radical (unpaired) electrons. The molecule has 2 fully saturated rings. The summed E-state index contributed by atoms with van der Waals surface area (Å²) in [7, 11) is 1.30. The predicted molar refractivity (Wildman–Crippen MR) is 143 cm³/mol. The Balaban J connectivity index is 1.64. The van der Waals surface area contributed by atoms with Gasteiger partial charge >= 0.3 is 11.9 Å². The van der Waals surface area contributed by atoms with Crippen molar-refractivity contribution < 1.29 is 28.6 Å². The Morgan fingerprint density at radius 2 is 1.63 bits per heavy atom. The second kappa shape index (κ2) is 11.9. The maximum Gasteiger partial charge on any atom is 0.322 e. The van der Waals surface area contributed by atoms with E-state index < -0.39 is 35.3 Å². The lowest BCUT2D eigenvalue weighted by atomic mass is 9.53. The molecule has 38 heavy (non-hydrogen) atoms. The Labute approximate surface area is 224 Å². The summed E-state index contributed by atoms with van der Waals surface area (Å²) >= 11 is 0. The molecule has 7 heteroatoms. The molecule has 0 unspecified atom stereocenters. The van der Waals surface area contributed by atoms with Gasteiger partial charge in [0.05, 0.1) is 13.7 Å². The van der Waals surface area contributed by atoms with Crippen molar-refractivity contribution in [1.82, 2.24) is 5.32 Å². The number of hydrogen-bond acceptors (Lipinski definition) is 6. The van der Waals surface area contributed by atoms with E-state index in [1.807, 2.05) is 67.6 Å². The number of fused-ring (bicyclic) bond motifs is 1. The summed E-state index contributed by atoms with van der Waals surface area (Å²) in [6, 6.07) is 19.6.